The third-order valence-electron chi connectivity index (χ3n) is 4.35. The quantitative estimate of drug-likeness (QED) is 0.825. The van der Waals surface area contributed by atoms with E-state index in [0.29, 0.717) is 24.9 Å². The zero-order valence-electron chi connectivity index (χ0n) is 11.7. The minimum Gasteiger partial charge on any atom is -0.369 e. The van der Waals surface area contributed by atoms with Crippen molar-refractivity contribution in [3.8, 4) is 6.07 Å². The molecule has 1 saturated heterocycles. The van der Waals surface area contributed by atoms with Gasteiger partial charge in [-0.2, -0.15) is 5.26 Å². The molecular weight excluding hydrogens is 254 g/mol. The second kappa shape index (κ2) is 5.39. The van der Waals surface area contributed by atoms with Crippen LogP contribution in [0.3, 0.4) is 0 Å². The van der Waals surface area contributed by atoms with Crippen molar-refractivity contribution in [2.45, 2.75) is 37.5 Å². The summed E-state index contributed by atoms with van der Waals surface area (Å²) in [6, 6.07) is 6.40. The van der Waals surface area contributed by atoms with Crippen LogP contribution in [0.2, 0.25) is 0 Å². The lowest BCUT2D eigenvalue weighted by molar-refractivity contribution is -0.178. The Labute approximate surface area is 119 Å². The summed E-state index contributed by atoms with van der Waals surface area (Å²) in [5.41, 5.74) is 1.40. The fraction of sp³-hybridized carbons (Fsp3) is 0.600. The third-order valence-corrected chi connectivity index (χ3v) is 4.35. The van der Waals surface area contributed by atoms with E-state index in [1.807, 2.05) is 19.2 Å². The van der Waals surface area contributed by atoms with Crippen molar-refractivity contribution in [1.29, 1.82) is 5.26 Å². The highest BCUT2D eigenvalue weighted by atomic mass is 16.7. The van der Waals surface area contributed by atoms with Crippen LogP contribution in [0.4, 0.5) is 5.69 Å². The summed E-state index contributed by atoms with van der Waals surface area (Å²) >= 11 is 0. The Bertz CT molecular complexity index is 510. The zero-order valence-corrected chi connectivity index (χ0v) is 11.7. The van der Waals surface area contributed by atoms with Crippen LogP contribution >= 0.6 is 0 Å². The highest BCUT2D eigenvalue weighted by molar-refractivity contribution is 5.55. The fourth-order valence-electron chi connectivity index (χ4n) is 3.18. The van der Waals surface area contributed by atoms with E-state index >= 15 is 0 Å². The van der Waals surface area contributed by atoms with E-state index < -0.39 is 0 Å². The maximum Gasteiger partial charge on any atom is 0.168 e. The van der Waals surface area contributed by atoms with Crippen LogP contribution < -0.4 is 4.90 Å². The third kappa shape index (κ3) is 2.37. The lowest BCUT2D eigenvalue weighted by Gasteiger charge is -2.39. The summed E-state index contributed by atoms with van der Waals surface area (Å²) in [7, 11) is 2.04. The van der Waals surface area contributed by atoms with E-state index in [4.69, 9.17) is 14.7 Å². The normalized spacial score (nSPS) is 21.8. The van der Waals surface area contributed by atoms with Crippen molar-refractivity contribution in [2.24, 2.45) is 0 Å². The predicted molar refractivity (Wildman–Crippen MR) is 74.2 cm³/mol. The van der Waals surface area contributed by atoms with Gasteiger partial charge in [-0.25, -0.2) is 4.98 Å². The van der Waals surface area contributed by atoms with Gasteiger partial charge in [0.25, 0.3) is 0 Å². The van der Waals surface area contributed by atoms with Crippen molar-refractivity contribution in [3.05, 3.63) is 24.0 Å². The molecule has 1 saturated carbocycles. The Kier molecular flexibility index (Phi) is 3.60. The summed E-state index contributed by atoms with van der Waals surface area (Å²) < 4.78 is 11.5. The second-order valence-electron chi connectivity index (χ2n) is 5.43. The van der Waals surface area contributed by atoms with Crippen LogP contribution in [0.1, 0.15) is 31.4 Å². The van der Waals surface area contributed by atoms with Crippen LogP contribution in [-0.4, -0.2) is 37.1 Å². The Hall–Kier alpha value is -1.64. The summed E-state index contributed by atoms with van der Waals surface area (Å²) in [4.78, 5) is 6.31. The average Bonchev–Trinajstić information content (AvgIpc) is 2.95. The smallest absolute Gasteiger partial charge is 0.168 e. The van der Waals surface area contributed by atoms with E-state index in [9.17, 15) is 0 Å². The van der Waals surface area contributed by atoms with Crippen LogP contribution in [0.5, 0.6) is 0 Å². The molecule has 0 unspecified atom stereocenters. The summed E-state index contributed by atoms with van der Waals surface area (Å²) in [6.45, 7) is 1.42. The first kappa shape index (κ1) is 13.3. The van der Waals surface area contributed by atoms with E-state index in [0.717, 1.165) is 31.4 Å². The summed E-state index contributed by atoms with van der Waals surface area (Å²) in [5, 5.41) is 9.15. The van der Waals surface area contributed by atoms with Crippen molar-refractivity contribution < 1.29 is 9.47 Å². The molecule has 2 aliphatic rings. The minimum absolute atomic E-state index is 0.329. The molecule has 1 aliphatic heterocycles. The molecule has 106 valence electrons. The maximum absolute atomic E-state index is 9.15. The van der Waals surface area contributed by atoms with Gasteiger partial charge in [0.2, 0.25) is 0 Å². The average molecular weight is 273 g/mol. The van der Waals surface area contributed by atoms with E-state index in [1.54, 1.807) is 6.20 Å². The molecule has 1 aromatic heterocycles. The molecule has 2 fully saturated rings. The summed E-state index contributed by atoms with van der Waals surface area (Å²) in [5.74, 6) is -0.329. The molecular formula is C15H19N3O2. The molecule has 5 heteroatoms. The molecule has 0 N–H and O–H groups in total. The number of nitrogens with zero attached hydrogens (tertiary/aromatic N) is 3. The van der Waals surface area contributed by atoms with Crippen molar-refractivity contribution in [1.82, 2.24) is 4.98 Å². The monoisotopic (exact) mass is 273 g/mol. The number of aromatic nitrogens is 1. The van der Waals surface area contributed by atoms with Crippen molar-refractivity contribution >= 4 is 5.69 Å². The van der Waals surface area contributed by atoms with E-state index in [2.05, 4.69) is 16.0 Å². The first-order valence-electron chi connectivity index (χ1n) is 7.10. The van der Waals surface area contributed by atoms with Gasteiger partial charge in [0.15, 0.2) is 11.5 Å². The van der Waals surface area contributed by atoms with E-state index in [-0.39, 0.29) is 5.79 Å². The highest BCUT2D eigenvalue weighted by Crippen LogP contribution is 2.38. The molecule has 2 heterocycles. The molecule has 1 aromatic rings. The first-order chi connectivity index (χ1) is 9.74. The molecule has 3 rings (SSSR count). The molecule has 20 heavy (non-hydrogen) atoms. The van der Waals surface area contributed by atoms with Crippen molar-refractivity contribution in [3.63, 3.8) is 0 Å². The Morgan fingerprint density at radius 1 is 1.35 bits per heavy atom. The van der Waals surface area contributed by atoms with Crippen LogP contribution in [-0.2, 0) is 9.47 Å². The van der Waals surface area contributed by atoms with Gasteiger partial charge in [-0.1, -0.05) is 0 Å². The molecule has 0 radical (unpaired) electrons. The molecule has 0 aromatic carbocycles. The standard InChI is InChI=1S/C15H19N3O2/c1-18(14-3-2-8-17-13(14)11-16)12-4-6-15(7-5-12)19-9-10-20-15/h2-3,8,12H,4-7,9-10H2,1H3. The second-order valence-corrected chi connectivity index (χ2v) is 5.43. The number of anilines is 1. The van der Waals surface area contributed by atoms with Crippen LogP contribution in [0.15, 0.2) is 18.3 Å². The largest absolute Gasteiger partial charge is 0.369 e. The maximum atomic E-state index is 9.15. The van der Waals surface area contributed by atoms with Gasteiger partial charge in [-0.05, 0) is 25.0 Å². The number of pyridine rings is 1. The number of hydrogen-bond acceptors (Lipinski definition) is 5. The zero-order chi connectivity index (χ0) is 14.0. The van der Waals surface area contributed by atoms with Crippen LogP contribution in [0, 0.1) is 11.3 Å². The van der Waals surface area contributed by atoms with Crippen LogP contribution in [0.25, 0.3) is 0 Å². The minimum atomic E-state index is -0.329. The number of rotatable bonds is 2. The topological polar surface area (TPSA) is 58.4 Å². The summed E-state index contributed by atoms with van der Waals surface area (Å²) in [6.07, 6.45) is 5.52. The fourth-order valence-corrected chi connectivity index (χ4v) is 3.18. The highest BCUT2D eigenvalue weighted by Gasteiger charge is 2.41. The molecule has 1 spiro atoms. The van der Waals surface area contributed by atoms with Gasteiger partial charge in [-0.3, -0.25) is 0 Å². The van der Waals surface area contributed by atoms with Gasteiger partial charge in [0, 0.05) is 32.1 Å². The number of nitriles is 1. The van der Waals surface area contributed by atoms with Gasteiger partial charge < -0.3 is 14.4 Å². The predicted octanol–water partition coefficient (Wildman–Crippen LogP) is 2.08. The Morgan fingerprint density at radius 2 is 2.05 bits per heavy atom. The SMILES string of the molecule is CN(c1cccnc1C#N)C1CCC2(CC1)OCCO2. The Balaban J connectivity index is 1.70. The Morgan fingerprint density at radius 3 is 2.70 bits per heavy atom. The lowest BCUT2D eigenvalue weighted by atomic mass is 9.89. The van der Waals surface area contributed by atoms with Crippen molar-refractivity contribution in [2.75, 3.05) is 25.2 Å². The molecule has 0 atom stereocenters. The van der Waals surface area contributed by atoms with Gasteiger partial charge in [0.05, 0.1) is 18.9 Å². The van der Waals surface area contributed by atoms with E-state index in [1.165, 1.54) is 0 Å². The first-order valence-corrected chi connectivity index (χ1v) is 7.10. The molecule has 5 nitrogen and oxygen atoms in total. The van der Waals surface area contributed by atoms with Gasteiger partial charge in [0.1, 0.15) is 6.07 Å². The van der Waals surface area contributed by atoms with Gasteiger partial charge in [-0.15, -0.1) is 0 Å². The number of ether oxygens (including phenoxy) is 2. The molecule has 0 amide bonds. The lowest BCUT2D eigenvalue weighted by Crippen LogP contribution is -2.43. The molecule has 0 bridgehead atoms. The number of hydrogen-bond donors (Lipinski definition) is 0. The molecule has 1 aliphatic carbocycles. The van der Waals surface area contributed by atoms with Gasteiger partial charge >= 0.3 is 0 Å².